The number of hydrogen-bond acceptors (Lipinski definition) is 1. The minimum atomic E-state index is 0.806. The van der Waals surface area contributed by atoms with Crippen LogP contribution >= 0.6 is 15.9 Å². The number of alkyl halides is 1. The predicted octanol–water partition coefficient (Wildman–Crippen LogP) is 1.30. The number of nitrogens with zero attached hydrogens (tertiary/aromatic N) is 1. The van der Waals surface area contributed by atoms with E-state index in [1.165, 1.54) is 0 Å². The Bertz CT molecular complexity index is 124. The van der Waals surface area contributed by atoms with Gasteiger partial charge in [-0.2, -0.15) is 0 Å². The summed E-state index contributed by atoms with van der Waals surface area (Å²) in [5.41, 5.74) is 0. The van der Waals surface area contributed by atoms with E-state index in [4.69, 9.17) is 0 Å². The van der Waals surface area contributed by atoms with Gasteiger partial charge < -0.3 is 4.98 Å². The van der Waals surface area contributed by atoms with Gasteiger partial charge in [-0.25, -0.2) is 4.98 Å². The van der Waals surface area contributed by atoms with Crippen molar-refractivity contribution in [3.63, 3.8) is 0 Å². The molecule has 0 atom stereocenters. The van der Waals surface area contributed by atoms with E-state index in [1.54, 1.807) is 12.4 Å². The van der Waals surface area contributed by atoms with Crippen molar-refractivity contribution in [3.8, 4) is 0 Å². The fourth-order valence-electron chi connectivity index (χ4n) is 0.371. The second kappa shape index (κ2) is 2.12. The van der Waals surface area contributed by atoms with Gasteiger partial charge in [-0.3, -0.25) is 0 Å². The van der Waals surface area contributed by atoms with Crippen LogP contribution in [0.25, 0.3) is 0 Å². The molecule has 0 unspecified atom stereocenters. The van der Waals surface area contributed by atoms with Gasteiger partial charge in [0.1, 0.15) is 5.82 Å². The molecular formula is C4H5BrN2. The Balaban J connectivity index is 2.76. The van der Waals surface area contributed by atoms with E-state index >= 15 is 0 Å². The highest BCUT2D eigenvalue weighted by atomic mass is 79.9. The van der Waals surface area contributed by atoms with Crippen LogP contribution in [0.15, 0.2) is 12.4 Å². The van der Waals surface area contributed by atoms with E-state index in [-0.39, 0.29) is 0 Å². The zero-order valence-electron chi connectivity index (χ0n) is 3.69. The van der Waals surface area contributed by atoms with E-state index in [1.807, 2.05) is 0 Å². The van der Waals surface area contributed by atoms with Crippen LogP contribution in [-0.2, 0) is 5.33 Å². The molecule has 7 heavy (non-hydrogen) atoms. The molecule has 0 fully saturated rings. The molecule has 0 amide bonds. The topological polar surface area (TPSA) is 28.7 Å². The van der Waals surface area contributed by atoms with Crippen molar-refractivity contribution in [1.29, 1.82) is 0 Å². The van der Waals surface area contributed by atoms with Gasteiger partial charge in [-0.05, 0) is 0 Å². The lowest BCUT2D eigenvalue weighted by Crippen LogP contribution is -1.75. The maximum absolute atomic E-state index is 3.93. The molecule has 0 aliphatic heterocycles. The second-order valence-corrected chi connectivity index (χ2v) is 1.73. The first-order valence-electron chi connectivity index (χ1n) is 1.97. The van der Waals surface area contributed by atoms with Gasteiger partial charge in [0.05, 0.1) is 5.33 Å². The Morgan fingerprint density at radius 2 is 2.71 bits per heavy atom. The molecule has 0 bridgehead atoms. The summed E-state index contributed by atoms with van der Waals surface area (Å²) in [5, 5.41) is 0.806. The zero-order chi connectivity index (χ0) is 5.11. The number of imidazole rings is 1. The summed E-state index contributed by atoms with van der Waals surface area (Å²) in [6.45, 7) is 0. The molecular weight excluding hydrogens is 156 g/mol. The molecule has 0 aromatic carbocycles. The van der Waals surface area contributed by atoms with E-state index < -0.39 is 0 Å². The maximum Gasteiger partial charge on any atom is 0.116 e. The molecule has 0 saturated carbocycles. The fraction of sp³-hybridized carbons (Fsp3) is 0.250. The average molecular weight is 161 g/mol. The number of hydrogen-bond donors (Lipinski definition) is 1. The Morgan fingerprint density at radius 3 is 3.00 bits per heavy atom. The molecule has 1 N–H and O–H groups in total. The minimum Gasteiger partial charge on any atom is -0.348 e. The molecule has 0 aliphatic rings. The standard InChI is InChI=1S/C4H5BrN2/c5-3-4-6-1-2-7-4/h1-2H,3H2,(H,6,7). The van der Waals surface area contributed by atoms with E-state index in [9.17, 15) is 0 Å². The third kappa shape index (κ3) is 1.03. The molecule has 3 heteroatoms. The van der Waals surface area contributed by atoms with Crippen LogP contribution in [0.2, 0.25) is 0 Å². The number of nitrogens with one attached hydrogen (secondary N) is 1. The maximum atomic E-state index is 3.93. The molecule has 2 nitrogen and oxygen atoms in total. The number of rotatable bonds is 1. The highest BCUT2D eigenvalue weighted by Gasteiger charge is 1.84. The third-order valence-corrected chi connectivity index (χ3v) is 1.21. The van der Waals surface area contributed by atoms with Crippen molar-refractivity contribution in [1.82, 2.24) is 9.97 Å². The molecule has 1 rings (SSSR count). The second-order valence-electron chi connectivity index (χ2n) is 1.17. The molecule has 38 valence electrons. The van der Waals surface area contributed by atoms with Crippen LogP contribution in [0.3, 0.4) is 0 Å². The summed E-state index contributed by atoms with van der Waals surface area (Å²) < 4.78 is 0. The average Bonchev–Trinajstić information content (AvgIpc) is 2.14. The first kappa shape index (κ1) is 4.84. The summed E-state index contributed by atoms with van der Waals surface area (Å²) in [4.78, 5) is 6.86. The molecule has 0 aliphatic carbocycles. The molecule has 0 radical (unpaired) electrons. The Hall–Kier alpha value is -0.310. The van der Waals surface area contributed by atoms with Crippen molar-refractivity contribution < 1.29 is 0 Å². The smallest absolute Gasteiger partial charge is 0.116 e. The quantitative estimate of drug-likeness (QED) is 0.618. The Labute approximate surface area is 50.1 Å². The molecule has 1 heterocycles. The monoisotopic (exact) mass is 160 g/mol. The lowest BCUT2D eigenvalue weighted by atomic mass is 10.8. The van der Waals surface area contributed by atoms with Crippen molar-refractivity contribution in [2.45, 2.75) is 5.33 Å². The lowest BCUT2D eigenvalue weighted by molar-refractivity contribution is 1.13. The predicted molar refractivity (Wildman–Crippen MR) is 31.2 cm³/mol. The minimum absolute atomic E-state index is 0.806. The van der Waals surface area contributed by atoms with Crippen molar-refractivity contribution in [3.05, 3.63) is 18.2 Å². The van der Waals surface area contributed by atoms with Crippen molar-refractivity contribution in [2.75, 3.05) is 0 Å². The van der Waals surface area contributed by atoms with Gasteiger partial charge in [0, 0.05) is 12.4 Å². The Morgan fingerprint density at radius 1 is 1.86 bits per heavy atom. The van der Waals surface area contributed by atoms with Gasteiger partial charge in [-0.15, -0.1) is 0 Å². The molecule has 0 spiro atoms. The first-order chi connectivity index (χ1) is 3.43. The van der Waals surface area contributed by atoms with Crippen LogP contribution in [0.1, 0.15) is 5.82 Å². The van der Waals surface area contributed by atoms with Crippen LogP contribution in [-0.4, -0.2) is 9.97 Å². The normalized spacial score (nSPS) is 9.29. The van der Waals surface area contributed by atoms with E-state index in [0.717, 1.165) is 11.2 Å². The molecule has 0 saturated heterocycles. The SMILES string of the molecule is BrCc1ncc[nH]1. The zero-order valence-corrected chi connectivity index (χ0v) is 5.27. The van der Waals surface area contributed by atoms with Gasteiger partial charge >= 0.3 is 0 Å². The highest BCUT2D eigenvalue weighted by Crippen LogP contribution is 1.94. The largest absolute Gasteiger partial charge is 0.348 e. The summed E-state index contributed by atoms with van der Waals surface area (Å²) in [7, 11) is 0. The van der Waals surface area contributed by atoms with Crippen LogP contribution in [0, 0.1) is 0 Å². The lowest BCUT2D eigenvalue weighted by Gasteiger charge is -1.77. The summed E-state index contributed by atoms with van der Waals surface area (Å²) in [6.07, 6.45) is 3.53. The third-order valence-electron chi connectivity index (χ3n) is 0.681. The van der Waals surface area contributed by atoms with E-state index in [2.05, 4.69) is 25.9 Å². The van der Waals surface area contributed by atoms with Gasteiger partial charge in [0.2, 0.25) is 0 Å². The van der Waals surface area contributed by atoms with Crippen LogP contribution < -0.4 is 0 Å². The number of aromatic nitrogens is 2. The number of H-pyrrole nitrogens is 1. The number of halogens is 1. The number of aromatic amines is 1. The van der Waals surface area contributed by atoms with Gasteiger partial charge in [0.25, 0.3) is 0 Å². The first-order valence-corrected chi connectivity index (χ1v) is 3.10. The highest BCUT2D eigenvalue weighted by molar-refractivity contribution is 9.08. The summed E-state index contributed by atoms with van der Waals surface area (Å²) >= 11 is 3.24. The van der Waals surface area contributed by atoms with E-state index in [0.29, 0.717) is 0 Å². The molecule has 1 aromatic heterocycles. The van der Waals surface area contributed by atoms with Gasteiger partial charge in [-0.1, -0.05) is 15.9 Å². The molecule has 1 aromatic rings. The fourth-order valence-corrected chi connectivity index (χ4v) is 0.678. The van der Waals surface area contributed by atoms with Crippen molar-refractivity contribution in [2.24, 2.45) is 0 Å². The Kier molecular flexibility index (Phi) is 1.46. The summed E-state index contributed by atoms with van der Waals surface area (Å²) in [5.74, 6) is 0.972. The van der Waals surface area contributed by atoms with Crippen LogP contribution in [0.5, 0.6) is 0 Å². The van der Waals surface area contributed by atoms with Crippen molar-refractivity contribution >= 4 is 15.9 Å². The summed E-state index contributed by atoms with van der Waals surface area (Å²) in [6, 6.07) is 0. The van der Waals surface area contributed by atoms with Crippen LogP contribution in [0.4, 0.5) is 0 Å². The van der Waals surface area contributed by atoms with Gasteiger partial charge in [0.15, 0.2) is 0 Å².